The number of hydrazone groups is 1. The van der Waals surface area contributed by atoms with Gasteiger partial charge in [0, 0.05) is 35.3 Å². The Balaban J connectivity index is 1.53. The molecular formula is C23H25FN6O2S. The second kappa shape index (κ2) is 9.14. The highest BCUT2D eigenvalue weighted by molar-refractivity contribution is 7.14. The molecule has 0 unspecified atom stereocenters. The van der Waals surface area contributed by atoms with Gasteiger partial charge >= 0.3 is 0 Å². The lowest BCUT2D eigenvalue weighted by atomic mass is 10.1. The molecule has 10 heteroatoms. The number of thiazole rings is 1. The number of primary amides is 1. The van der Waals surface area contributed by atoms with Crippen molar-refractivity contribution < 1.29 is 14.0 Å². The molecule has 3 N–H and O–H groups in total. The lowest BCUT2D eigenvalue weighted by Crippen LogP contribution is -2.39. The number of rotatable bonds is 7. The van der Waals surface area contributed by atoms with E-state index in [4.69, 9.17) is 5.73 Å². The van der Waals surface area contributed by atoms with Gasteiger partial charge in [0.2, 0.25) is 5.91 Å². The minimum absolute atomic E-state index is 0.0505. The van der Waals surface area contributed by atoms with Crippen LogP contribution in [-0.2, 0) is 16.1 Å². The summed E-state index contributed by atoms with van der Waals surface area (Å²) in [6, 6.07) is 6.76. The Bertz CT molecular complexity index is 1230. The second-order valence-corrected chi connectivity index (χ2v) is 8.78. The van der Waals surface area contributed by atoms with E-state index >= 15 is 0 Å². The third-order valence-corrected chi connectivity index (χ3v) is 6.37. The van der Waals surface area contributed by atoms with Gasteiger partial charge < -0.3 is 10.3 Å². The molecule has 0 spiro atoms. The van der Waals surface area contributed by atoms with E-state index in [1.807, 2.05) is 5.38 Å². The maximum absolute atomic E-state index is 13.3. The van der Waals surface area contributed by atoms with E-state index in [0.717, 1.165) is 29.9 Å². The van der Waals surface area contributed by atoms with Crippen LogP contribution in [0.2, 0.25) is 0 Å². The molecule has 1 aliphatic heterocycles. The molecule has 1 aromatic carbocycles. The Morgan fingerprint density at radius 2 is 2.00 bits per heavy atom. The standard InChI is InChI=1S/C23H25FN6O2S/c1-4-9-29-13(2)10-17(14(29)3)19-12-33-23(26-19)27-22(32)18-11-20(21(25)31)30(28-18)16-7-5-15(24)6-8-16/h5-8,10,12,20H,4,9,11H2,1-3H3,(H2,25,31)(H,26,27,32)/t20-/m0/s1. The van der Waals surface area contributed by atoms with Gasteiger partial charge in [0.15, 0.2) is 5.13 Å². The molecule has 33 heavy (non-hydrogen) atoms. The van der Waals surface area contributed by atoms with Gasteiger partial charge in [0.1, 0.15) is 17.6 Å². The van der Waals surface area contributed by atoms with Crippen molar-refractivity contribution in [3.8, 4) is 11.3 Å². The number of hydrogen-bond acceptors (Lipinski definition) is 6. The summed E-state index contributed by atoms with van der Waals surface area (Å²) in [4.78, 5) is 29.4. The van der Waals surface area contributed by atoms with Gasteiger partial charge in [-0.05, 0) is 50.6 Å². The minimum atomic E-state index is -0.827. The molecule has 4 rings (SSSR count). The van der Waals surface area contributed by atoms with Crippen molar-refractivity contribution in [2.24, 2.45) is 10.8 Å². The summed E-state index contributed by atoms with van der Waals surface area (Å²) < 4.78 is 15.5. The fourth-order valence-electron chi connectivity index (χ4n) is 3.95. The predicted octanol–water partition coefficient (Wildman–Crippen LogP) is 3.84. The Hall–Kier alpha value is -3.53. The van der Waals surface area contributed by atoms with Crippen molar-refractivity contribution in [3.63, 3.8) is 0 Å². The molecule has 0 bridgehead atoms. The van der Waals surface area contributed by atoms with Gasteiger partial charge in [-0.1, -0.05) is 6.92 Å². The van der Waals surface area contributed by atoms with Crippen molar-refractivity contribution in [2.75, 3.05) is 10.3 Å². The SMILES string of the molecule is CCCn1c(C)cc(-c2csc(NC(=O)C3=NN(c4ccc(F)cc4)[C@H](C(N)=O)C3)n2)c1C. The largest absolute Gasteiger partial charge is 0.368 e. The van der Waals surface area contributed by atoms with Crippen LogP contribution in [0.5, 0.6) is 0 Å². The van der Waals surface area contributed by atoms with E-state index in [0.29, 0.717) is 10.8 Å². The number of aromatic nitrogens is 2. The molecule has 2 aromatic heterocycles. The number of anilines is 2. The molecule has 0 aliphatic carbocycles. The molecular weight excluding hydrogens is 443 g/mol. The Morgan fingerprint density at radius 1 is 1.27 bits per heavy atom. The summed E-state index contributed by atoms with van der Waals surface area (Å²) in [5.41, 5.74) is 10.3. The predicted molar refractivity (Wildman–Crippen MR) is 128 cm³/mol. The fourth-order valence-corrected chi connectivity index (χ4v) is 4.66. The highest BCUT2D eigenvalue weighted by Crippen LogP contribution is 2.31. The average molecular weight is 469 g/mol. The Morgan fingerprint density at radius 3 is 2.67 bits per heavy atom. The van der Waals surface area contributed by atoms with Crippen LogP contribution in [0.25, 0.3) is 11.3 Å². The number of halogens is 1. The molecule has 0 radical (unpaired) electrons. The van der Waals surface area contributed by atoms with Crippen molar-refractivity contribution in [3.05, 3.63) is 52.9 Å². The van der Waals surface area contributed by atoms with E-state index < -0.39 is 23.7 Å². The van der Waals surface area contributed by atoms with Crippen LogP contribution in [0.15, 0.2) is 40.8 Å². The number of carbonyl (C=O) groups is 2. The van der Waals surface area contributed by atoms with E-state index in [-0.39, 0.29) is 12.1 Å². The zero-order chi connectivity index (χ0) is 23.7. The van der Waals surface area contributed by atoms with Crippen LogP contribution in [0.1, 0.15) is 31.2 Å². The number of benzene rings is 1. The molecule has 0 saturated carbocycles. The van der Waals surface area contributed by atoms with Gasteiger partial charge in [0.05, 0.1) is 11.4 Å². The molecule has 2 amide bonds. The van der Waals surface area contributed by atoms with E-state index in [1.54, 1.807) is 0 Å². The van der Waals surface area contributed by atoms with E-state index in [2.05, 4.69) is 46.8 Å². The van der Waals surface area contributed by atoms with E-state index in [9.17, 15) is 14.0 Å². The van der Waals surface area contributed by atoms with Crippen molar-refractivity contribution >= 4 is 39.7 Å². The third kappa shape index (κ3) is 4.51. The van der Waals surface area contributed by atoms with Crippen LogP contribution >= 0.6 is 11.3 Å². The van der Waals surface area contributed by atoms with Crippen LogP contribution in [0.4, 0.5) is 15.2 Å². The normalized spacial score (nSPS) is 15.6. The number of carbonyl (C=O) groups excluding carboxylic acids is 2. The lowest BCUT2D eigenvalue weighted by molar-refractivity contribution is -0.119. The highest BCUT2D eigenvalue weighted by atomic mass is 32.1. The first-order valence-corrected chi connectivity index (χ1v) is 11.5. The summed E-state index contributed by atoms with van der Waals surface area (Å²) in [5.74, 6) is -1.49. The molecule has 172 valence electrons. The summed E-state index contributed by atoms with van der Waals surface area (Å²) in [6.45, 7) is 7.22. The first-order valence-electron chi connectivity index (χ1n) is 10.6. The summed E-state index contributed by atoms with van der Waals surface area (Å²) in [5, 5.41) is 10.8. The quantitative estimate of drug-likeness (QED) is 0.550. The van der Waals surface area contributed by atoms with Crippen LogP contribution in [-0.4, -0.2) is 33.1 Å². The van der Waals surface area contributed by atoms with Gasteiger partial charge in [-0.25, -0.2) is 9.37 Å². The molecule has 8 nitrogen and oxygen atoms in total. The highest BCUT2D eigenvalue weighted by Gasteiger charge is 2.35. The Kier molecular flexibility index (Phi) is 6.28. The van der Waals surface area contributed by atoms with E-state index in [1.165, 1.54) is 46.3 Å². The van der Waals surface area contributed by atoms with Crippen LogP contribution < -0.4 is 16.1 Å². The van der Waals surface area contributed by atoms with Gasteiger partial charge in [-0.2, -0.15) is 5.10 Å². The van der Waals surface area contributed by atoms with Crippen molar-refractivity contribution in [1.29, 1.82) is 0 Å². The third-order valence-electron chi connectivity index (χ3n) is 5.61. The number of amides is 2. The maximum atomic E-state index is 13.3. The van der Waals surface area contributed by atoms with Crippen molar-refractivity contribution in [2.45, 2.75) is 46.2 Å². The van der Waals surface area contributed by atoms with Crippen LogP contribution in [0.3, 0.4) is 0 Å². The first-order chi connectivity index (χ1) is 15.8. The molecule has 3 aromatic rings. The first kappa shape index (κ1) is 22.7. The zero-order valence-corrected chi connectivity index (χ0v) is 19.4. The van der Waals surface area contributed by atoms with Gasteiger partial charge in [-0.3, -0.25) is 19.9 Å². The second-order valence-electron chi connectivity index (χ2n) is 7.92. The smallest absolute Gasteiger partial charge is 0.273 e. The fraction of sp³-hybridized carbons (Fsp3) is 0.304. The monoisotopic (exact) mass is 468 g/mol. The zero-order valence-electron chi connectivity index (χ0n) is 18.6. The maximum Gasteiger partial charge on any atom is 0.273 e. The molecule has 0 fully saturated rings. The number of nitrogens with zero attached hydrogens (tertiary/aromatic N) is 4. The van der Waals surface area contributed by atoms with Crippen LogP contribution in [0, 0.1) is 19.7 Å². The summed E-state index contributed by atoms with van der Waals surface area (Å²) >= 11 is 1.32. The average Bonchev–Trinajstić information content (AvgIpc) is 3.49. The topological polar surface area (TPSA) is 106 Å². The van der Waals surface area contributed by atoms with Crippen molar-refractivity contribution in [1.82, 2.24) is 9.55 Å². The molecule has 3 heterocycles. The molecule has 1 atom stereocenters. The Labute approximate surface area is 194 Å². The summed E-state index contributed by atoms with van der Waals surface area (Å²) in [7, 11) is 0. The van der Waals surface area contributed by atoms with Gasteiger partial charge in [-0.15, -0.1) is 11.3 Å². The summed E-state index contributed by atoms with van der Waals surface area (Å²) in [6.07, 6.45) is 1.09. The molecule has 0 saturated heterocycles. The number of hydrogen-bond donors (Lipinski definition) is 2. The number of nitrogens with two attached hydrogens (primary N) is 1. The lowest BCUT2D eigenvalue weighted by Gasteiger charge is -2.20. The number of nitrogens with one attached hydrogen (secondary N) is 1. The van der Waals surface area contributed by atoms with Gasteiger partial charge in [0.25, 0.3) is 5.91 Å². The number of aryl methyl sites for hydroxylation is 1. The minimum Gasteiger partial charge on any atom is -0.368 e. The molecule has 1 aliphatic rings.